The lowest BCUT2D eigenvalue weighted by atomic mass is 10.1. The first kappa shape index (κ1) is 16.5. The summed E-state index contributed by atoms with van der Waals surface area (Å²) < 4.78 is 15.3. The lowest BCUT2D eigenvalue weighted by Crippen LogP contribution is -2.24. The molecule has 0 aliphatic heterocycles. The number of hydrogen-bond donors (Lipinski definition) is 0. The molecule has 0 atom stereocenters. The standard InChI is InChI=1S/C19H25FN2/c1-6-21(7-2)13-14(3)19-12-15(4)22(16(19)5)18-10-8-17(20)9-11-18/h8-12H,3,6-7,13H2,1-2,4-5H3. The van der Waals surface area contributed by atoms with Crippen molar-refractivity contribution in [2.75, 3.05) is 19.6 Å². The van der Waals surface area contributed by atoms with Crippen molar-refractivity contribution in [3.63, 3.8) is 0 Å². The van der Waals surface area contributed by atoms with Crippen LogP contribution in [0.2, 0.25) is 0 Å². The molecule has 118 valence electrons. The number of nitrogens with zero attached hydrogens (tertiary/aromatic N) is 2. The molecular formula is C19H25FN2. The minimum atomic E-state index is -0.211. The van der Waals surface area contributed by atoms with Gasteiger partial charge in [-0.05, 0) is 68.4 Å². The zero-order chi connectivity index (χ0) is 16.3. The first-order valence-electron chi connectivity index (χ1n) is 7.83. The highest BCUT2D eigenvalue weighted by Gasteiger charge is 2.14. The maximum Gasteiger partial charge on any atom is 0.123 e. The maximum atomic E-state index is 13.1. The zero-order valence-electron chi connectivity index (χ0n) is 14.0. The summed E-state index contributed by atoms with van der Waals surface area (Å²) in [6, 6.07) is 8.79. The fraction of sp³-hybridized carbons (Fsp3) is 0.368. The minimum absolute atomic E-state index is 0.211. The molecule has 0 unspecified atom stereocenters. The van der Waals surface area contributed by atoms with Gasteiger partial charge in [-0.2, -0.15) is 0 Å². The highest BCUT2D eigenvalue weighted by molar-refractivity contribution is 5.68. The molecule has 0 N–H and O–H groups in total. The van der Waals surface area contributed by atoms with E-state index in [1.54, 1.807) is 0 Å². The van der Waals surface area contributed by atoms with Crippen molar-refractivity contribution in [1.82, 2.24) is 9.47 Å². The van der Waals surface area contributed by atoms with Crippen molar-refractivity contribution in [2.45, 2.75) is 27.7 Å². The van der Waals surface area contributed by atoms with Gasteiger partial charge in [-0.15, -0.1) is 0 Å². The van der Waals surface area contributed by atoms with Gasteiger partial charge in [-0.3, -0.25) is 4.90 Å². The molecule has 0 amide bonds. The van der Waals surface area contributed by atoms with E-state index in [1.807, 2.05) is 12.1 Å². The summed E-state index contributed by atoms with van der Waals surface area (Å²) in [4.78, 5) is 2.35. The Balaban J connectivity index is 2.34. The SMILES string of the molecule is C=C(CN(CC)CC)c1cc(C)n(-c2ccc(F)cc2)c1C. The van der Waals surface area contributed by atoms with Gasteiger partial charge in [0.1, 0.15) is 5.82 Å². The number of aryl methyl sites for hydroxylation is 1. The number of hydrogen-bond acceptors (Lipinski definition) is 1. The van der Waals surface area contributed by atoms with Gasteiger partial charge in [0.15, 0.2) is 0 Å². The molecule has 0 saturated carbocycles. The molecule has 1 aromatic heterocycles. The van der Waals surface area contributed by atoms with Gasteiger partial charge < -0.3 is 4.57 Å². The molecule has 0 aliphatic rings. The molecule has 0 radical (unpaired) electrons. The third-order valence-electron chi connectivity index (χ3n) is 4.21. The molecule has 22 heavy (non-hydrogen) atoms. The minimum Gasteiger partial charge on any atom is -0.318 e. The smallest absolute Gasteiger partial charge is 0.123 e. The van der Waals surface area contributed by atoms with Gasteiger partial charge in [-0.25, -0.2) is 4.39 Å². The van der Waals surface area contributed by atoms with Crippen LogP contribution in [0.5, 0.6) is 0 Å². The van der Waals surface area contributed by atoms with Crippen molar-refractivity contribution >= 4 is 5.57 Å². The Labute approximate surface area is 132 Å². The van der Waals surface area contributed by atoms with Crippen LogP contribution in [0, 0.1) is 19.7 Å². The van der Waals surface area contributed by atoms with E-state index in [9.17, 15) is 4.39 Å². The van der Waals surface area contributed by atoms with E-state index in [0.29, 0.717) is 0 Å². The van der Waals surface area contributed by atoms with E-state index in [-0.39, 0.29) is 5.82 Å². The van der Waals surface area contributed by atoms with E-state index >= 15 is 0 Å². The van der Waals surface area contributed by atoms with Gasteiger partial charge in [0.25, 0.3) is 0 Å². The third kappa shape index (κ3) is 3.30. The predicted octanol–water partition coefficient (Wildman–Crippen LogP) is 4.59. The molecule has 3 heteroatoms. The van der Waals surface area contributed by atoms with Crippen LogP contribution in [-0.4, -0.2) is 29.1 Å². The second-order valence-electron chi connectivity index (χ2n) is 5.66. The van der Waals surface area contributed by atoms with Crippen LogP contribution in [0.1, 0.15) is 30.8 Å². The summed E-state index contributed by atoms with van der Waals surface area (Å²) in [5.41, 5.74) is 5.60. The normalized spacial score (nSPS) is 11.2. The quantitative estimate of drug-likeness (QED) is 0.757. The Morgan fingerprint density at radius 1 is 1.14 bits per heavy atom. The maximum absolute atomic E-state index is 13.1. The Morgan fingerprint density at radius 2 is 1.73 bits per heavy atom. The lowest BCUT2D eigenvalue weighted by molar-refractivity contribution is 0.342. The molecule has 0 bridgehead atoms. The summed E-state index contributed by atoms with van der Waals surface area (Å²) in [5.74, 6) is -0.211. The van der Waals surface area contributed by atoms with Gasteiger partial charge in [-0.1, -0.05) is 20.4 Å². The zero-order valence-corrected chi connectivity index (χ0v) is 14.0. The molecule has 0 saturated heterocycles. The molecule has 0 aliphatic carbocycles. The number of likely N-dealkylation sites (N-methyl/N-ethyl adjacent to an activating group) is 1. The van der Waals surface area contributed by atoms with Crippen molar-refractivity contribution < 1.29 is 4.39 Å². The Morgan fingerprint density at radius 3 is 2.27 bits per heavy atom. The highest BCUT2D eigenvalue weighted by atomic mass is 19.1. The number of rotatable bonds is 6. The Bertz CT molecular complexity index is 649. The summed E-state index contributed by atoms with van der Waals surface area (Å²) in [6.45, 7) is 15.7. The number of halogens is 1. The van der Waals surface area contributed by atoms with Gasteiger partial charge in [0.05, 0.1) is 0 Å². The highest BCUT2D eigenvalue weighted by Crippen LogP contribution is 2.26. The van der Waals surface area contributed by atoms with Gasteiger partial charge >= 0.3 is 0 Å². The molecule has 0 spiro atoms. The fourth-order valence-electron chi connectivity index (χ4n) is 2.91. The van der Waals surface area contributed by atoms with E-state index in [4.69, 9.17) is 0 Å². The van der Waals surface area contributed by atoms with Crippen LogP contribution in [0.4, 0.5) is 4.39 Å². The average molecular weight is 300 g/mol. The van der Waals surface area contributed by atoms with Crippen LogP contribution in [-0.2, 0) is 0 Å². The molecule has 2 aromatic rings. The Hall–Kier alpha value is -1.87. The fourth-order valence-corrected chi connectivity index (χ4v) is 2.91. The van der Waals surface area contributed by atoms with Crippen molar-refractivity contribution in [1.29, 1.82) is 0 Å². The number of benzene rings is 1. The Kier molecular flexibility index (Phi) is 5.19. The number of aromatic nitrogens is 1. The summed E-state index contributed by atoms with van der Waals surface area (Å²) in [5, 5.41) is 0. The molecule has 0 fully saturated rings. The van der Waals surface area contributed by atoms with Crippen molar-refractivity contribution in [3.05, 3.63) is 59.7 Å². The van der Waals surface area contributed by atoms with E-state index in [2.05, 4.69) is 49.8 Å². The van der Waals surface area contributed by atoms with Gasteiger partial charge in [0, 0.05) is 23.6 Å². The van der Waals surface area contributed by atoms with Crippen LogP contribution in [0.3, 0.4) is 0 Å². The predicted molar refractivity (Wildman–Crippen MR) is 92.0 cm³/mol. The van der Waals surface area contributed by atoms with Crippen LogP contribution < -0.4 is 0 Å². The molecule has 2 rings (SSSR count). The monoisotopic (exact) mass is 300 g/mol. The summed E-state index contributed by atoms with van der Waals surface area (Å²) >= 11 is 0. The molecule has 2 nitrogen and oxygen atoms in total. The van der Waals surface area contributed by atoms with Gasteiger partial charge in [0.2, 0.25) is 0 Å². The molecule has 1 aromatic carbocycles. The first-order valence-corrected chi connectivity index (χ1v) is 7.83. The first-order chi connectivity index (χ1) is 10.5. The van der Waals surface area contributed by atoms with Crippen molar-refractivity contribution in [3.8, 4) is 5.69 Å². The lowest BCUT2D eigenvalue weighted by Gasteiger charge is -2.19. The second-order valence-corrected chi connectivity index (χ2v) is 5.66. The molecule has 1 heterocycles. The average Bonchev–Trinajstić information content (AvgIpc) is 2.81. The van der Waals surface area contributed by atoms with Crippen molar-refractivity contribution in [2.24, 2.45) is 0 Å². The van der Waals surface area contributed by atoms with Crippen LogP contribution in [0.25, 0.3) is 11.3 Å². The van der Waals surface area contributed by atoms with Crippen LogP contribution in [0.15, 0.2) is 36.9 Å². The van der Waals surface area contributed by atoms with E-state index < -0.39 is 0 Å². The summed E-state index contributed by atoms with van der Waals surface area (Å²) in [6.07, 6.45) is 0. The topological polar surface area (TPSA) is 8.17 Å². The van der Waals surface area contributed by atoms with E-state index in [0.717, 1.165) is 42.3 Å². The largest absolute Gasteiger partial charge is 0.318 e. The third-order valence-corrected chi connectivity index (χ3v) is 4.21. The van der Waals surface area contributed by atoms with E-state index in [1.165, 1.54) is 17.7 Å². The van der Waals surface area contributed by atoms with Crippen LogP contribution >= 0.6 is 0 Å². The second kappa shape index (κ2) is 6.93. The molecular weight excluding hydrogens is 275 g/mol. The summed E-state index contributed by atoms with van der Waals surface area (Å²) in [7, 11) is 0.